The monoisotopic (exact) mass is 491 g/mol. The van der Waals surface area contributed by atoms with Gasteiger partial charge >= 0.3 is 12.1 Å². The molecule has 11 nitrogen and oxygen atoms in total. The average Bonchev–Trinajstić information content (AvgIpc) is 2.76. The van der Waals surface area contributed by atoms with Gasteiger partial charge in [0.2, 0.25) is 5.91 Å². The number of nitrogens with one attached hydrogen (secondary N) is 2. The number of carbonyl (C=O) groups excluding carboxylic acids is 4. The van der Waals surface area contributed by atoms with Gasteiger partial charge in [0.05, 0.1) is 19.6 Å². The second kappa shape index (κ2) is 13.2. The number of hydrogen-bond acceptors (Lipinski definition) is 8. The Morgan fingerprint density at radius 2 is 1.89 bits per heavy atom. The van der Waals surface area contributed by atoms with Crippen LogP contribution < -0.4 is 10.6 Å². The summed E-state index contributed by atoms with van der Waals surface area (Å²) in [6, 6.07) is 3.59. The summed E-state index contributed by atoms with van der Waals surface area (Å²) in [7, 11) is 0. The van der Waals surface area contributed by atoms with Crippen LogP contribution in [0.3, 0.4) is 0 Å². The van der Waals surface area contributed by atoms with E-state index in [1.165, 1.54) is 6.07 Å². The van der Waals surface area contributed by atoms with E-state index in [2.05, 4.69) is 16.7 Å². The number of carbonyl (C=O) groups is 4. The van der Waals surface area contributed by atoms with Crippen molar-refractivity contribution in [1.29, 1.82) is 0 Å². The number of ether oxygens (including phenoxy) is 2. The molecule has 4 N–H and O–H groups in total. The predicted octanol–water partition coefficient (Wildman–Crippen LogP) is 1.12. The van der Waals surface area contributed by atoms with Crippen LogP contribution in [0.5, 0.6) is 5.75 Å². The van der Waals surface area contributed by atoms with Crippen molar-refractivity contribution in [2.24, 2.45) is 0 Å². The van der Waals surface area contributed by atoms with Crippen LogP contribution in [0.15, 0.2) is 18.2 Å². The number of alkyl carbamates (subject to hydrolysis) is 1. The molecule has 192 valence electrons. The topological polar surface area (TPSA) is 154 Å². The standard InChI is InChI=1S/C24H33N3O8/c1-7-27(22(32)17(14-28)26-23(33)35-24(4,5)6)19(16-11-9-10-15(3)20(16)30)21(31)25-13-12-18(29)34-8-2/h1,9-11,17,19,28,30H,8,12-14H2,2-6H3,(H,25,31)(H,26,33). The zero-order valence-corrected chi connectivity index (χ0v) is 20.6. The number of hydrogen-bond donors (Lipinski definition) is 4. The summed E-state index contributed by atoms with van der Waals surface area (Å²) in [6.45, 7) is 7.32. The summed E-state index contributed by atoms with van der Waals surface area (Å²) >= 11 is 0. The Hall–Kier alpha value is -3.78. The van der Waals surface area contributed by atoms with Gasteiger partial charge in [0.15, 0.2) is 6.04 Å². The molecule has 0 saturated carbocycles. The maximum absolute atomic E-state index is 13.2. The Bertz CT molecular complexity index is 964. The molecule has 0 aliphatic heterocycles. The van der Waals surface area contributed by atoms with Crippen LogP contribution in [0.4, 0.5) is 4.79 Å². The van der Waals surface area contributed by atoms with Crippen LogP contribution in [0.25, 0.3) is 0 Å². The normalized spacial score (nSPS) is 12.5. The minimum atomic E-state index is -1.54. The molecule has 0 aromatic heterocycles. The molecule has 2 atom stereocenters. The number of phenolic OH excluding ortho intramolecular Hbond substituents is 1. The highest BCUT2D eigenvalue weighted by Gasteiger charge is 2.37. The number of para-hydroxylation sites is 1. The summed E-state index contributed by atoms with van der Waals surface area (Å²) in [4.78, 5) is 50.7. The molecule has 1 rings (SSSR count). The lowest BCUT2D eigenvalue weighted by molar-refractivity contribution is -0.143. The Labute approximate surface area is 204 Å². The maximum Gasteiger partial charge on any atom is 0.408 e. The van der Waals surface area contributed by atoms with Gasteiger partial charge < -0.3 is 30.3 Å². The highest BCUT2D eigenvalue weighted by Crippen LogP contribution is 2.31. The predicted molar refractivity (Wildman–Crippen MR) is 126 cm³/mol. The quantitative estimate of drug-likeness (QED) is 0.216. The van der Waals surface area contributed by atoms with Gasteiger partial charge in [-0.15, -0.1) is 0 Å². The van der Waals surface area contributed by atoms with Gasteiger partial charge in [-0.05, 0) is 40.2 Å². The van der Waals surface area contributed by atoms with E-state index in [4.69, 9.17) is 15.9 Å². The average molecular weight is 492 g/mol. The summed E-state index contributed by atoms with van der Waals surface area (Å²) in [5.41, 5.74) is -0.436. The van der Waals surface area contributed by atoms with E-state index in [-0.39, 0.29) is 30.9 Å². The molecule has 2 unspecified atom stereocenters. The molecular weight excluding hydrogens is 458 g/mol. The lowest BCUT2D eigenvalue weighted by atomic mass is 9.99. The van der Waals surface area contributed by atoms with Gasteiger partial charge in [-0.2, -0.15) is 0 Å². The lowest BCUT2D eigenvalue weighted by Crippen LogP contribution is -2.53. The first-order valence-electron chi connectivity index (χ1n) is 11.0. The zero-order chi connectivity index (χ0) is 26.8. The minimum Gasteiger partial charge on any atom is -0.507 e. The van der Waals surface area contributed by atoms with Crippen molar-refractivity contribution >= 4 is 23.9 Å². The molecule has 0 saturated heterocycles. The van der Waals surface area contributed by atoms with Crippen LogP contribution in [-0.4, -0.2) is 70.4 Å². The van der Waals surface area contributed by atoms with E-state index in [0.717, 1.165) is 0 Å². The zero-order valence-electron chi connectivity index (χ0n) is 20.6. The van der Waals surface area contributed by atoms with Gasteiger partial charge in [0, 0.05) is 18.2 Å². The molecule has 0 fully saturated rings. The maximum atomic E-state index is 13.2. The van der Waals surface area contributed by atoms with Crippen LogP contribution in [-0.2, 0) is 23.9 Å². The molecule has 0 spiro atoms. The first-order chi connectivity index (χ1) is 16.4. The number of benzene rings is 1. The summed E-state index contributed by atoms with van der Waals surface area (Å²) in [5, 5.41) is 25.1. The SMILES string of the molecule is C#CN(C(=O)C(CO)NC(=O)OC(C)(C)C)C(C(=O)NCCC(=O)OCC)c1cccc(C)c1O. The van der Waals surface area contributed by atoms with Crippen molar-refractivity contribution < 1.29 is 38.9 Å². The van der Waals surface area contributed by atoms with Gasteiger partial charge in [0.1, 0.15) is 17.4 Å². The van der Waals surface area contributed by atoms with Crippen molar-refractivity contribution in [2.45, 2.75) is 58.7 Å². The highest BCUT2D eigenvalue weighted by atomic mass is 16.6. The molecule has 0 aliphatic carbocycles. The van der Waals surface area contributed by atoms with Crippen molar-refractivity contribution in [3.05, 3.63) is 29.3 Å². The van der Waals surface area contributed by atoms with E-state index in [1.807, 2.05) is 0 Å². The molecule has 0 radical (unpaired) electrons. The van der Waals surface area contributed by atoms with Crippen LogP contribution >= 0.6 is 0 Å². The summed E-state index contributed by atoms with van der Waals surface area (Å²) in [5.74, 6) is -2.59. The molecule has 1 aromatic rings. The highest BCUT2D eigenvalue weighted by molar-refractivity contribution is 5.93. The number of aliphatic hydroxyl groups is 1. The smallest absolute Gasteiger partial charge is 0.408 e. The number of terminal acetylenes is 1. The number of amides is 3. The largest absolute Gasteiger partial charge is 0.507 e. The number of aliphatic hydroxyl groups excluding tert-OH is 1. The van der Waals surface area contributed by atoms with E-state index < -0.39 is 48.2 Å². The number of nitrogens with zero attached hydrogens (tertiary/aromatic N) is 1. The van der Waals surface area contributed by atoms with E-state index in [9.17, 15) is 29.4 Å². The first kappa shape index (κ1) is 29.3. The van der Waals surface area contributed by atoms with Crippen molar-refractivity contribution in [3.63, 3.8) is 0 Å². The fourth-order valence-electron chi connectivity index (χ4n) is 2.99. The van der Waals surface area contributed by atoms with Crippen molar-refractivity contribution in [3.8, 4) is 18.2 Å². The fourth-order valence-corrected chi connectivity index (χ4v) is 2.99. The van der Waals surface area contributed by atoms with E-state index in [0.29, 0.717) is 10.5 Å². The molecule has 1 aromatic carbocycles. The van der Waals surface area contributed by atoms with Crippen molar-refractivity contribution in [1.82, 2.24) is 15.5 Å². The molecular formula is C24H33N3O8. The number of phenols is 1. The number of aryl methyl sites for hydroxylation is 1. The third-order valence-electron chi connectivity index (χ3n) is 4.55. The molecule has 0 aliphatic rings. The molecule has 3 amide bonds. The Morgan fingerprint density at radius 3 is 2.43 bits per heavy atom. The van der Waals surface area contributed by atoms with E-state index >= 15 is 0 Å². The third kappa shape index (κ3) is 8.83. The second-order valence-corrected chi connectivity index (χ2v) is 8.48. The van der Waals surface area contributed by atoms with E-state index in [1.54, 1.807) is 46.8 Å². The summed E-state index contributed by atoms with van der Waals surface area (Å²) in [6.07, 6.45) is 4.47. The van der Waals surface area contributed by atoms with Gasteiger partial charge in [0.25, 0.3) is 5.91 Å². The second-order valence-electron chi connectivity index (χ2n) is 8.48. The first-order valence-corrected chi connectivity index (χ1v) is 11.0. The van der Waals surface area contributed by atoms with Gasteiger partial charge in [-0.3, -0.25) is 19.3 Å². The number of aromatic hydroxyl groups is 1. The van der Waals surface area contributed by atoms with Gasteiger partial charge in [-0.1, -0.05) is 24.6 Å². The van der Waals surface area contributed by atoms with Gasteiger partial charge in [-0.25, -0.2) is 4.79 Å². The van der Waals surface area contributed by atoms with Crippen LogP contribution in [0.2, 0.25) is 0 Å². The van der Waals surface area contributed by atoms with Crippen molar-refractivity contribution in [2.75, 3.05) is 19.8 Å². The van der Waals surface area contributed by atoms with Crippen LogP contribution in [0.1, 0.15) is 51.3 Å². The minimum absolute atomic E-state index is 0.0129. The third-order valence-corrected chi connectivity index (χ3v) is 4.55. The molecule has 0 heterocycles. The Balaban J connectivity index is 3.27. The number of rotatable bonds is 10. The molecule has 11 heteroatoms. The molecule has 0 bridgehead atoms. The Kier molecular flexibility index (Phi) is 11.0. The number of esters is 1. The fraction of sp³-hybridized carbons (Fsp3) is 0.500. The molecule has 35 heavy (non-hydrogen) atoms. The summed E-state index contributed by atoms with van der Waals surface area (Å²) < 4.78 is 9.93. The lowest BCUT2D eigenvalue weighted by Gasteiger charge is -2.30. The van der Waals surface area contributed by atoms with Crippen LogP contribution in [0, 0.1) is 19.4 Å². The Morgan fingerprint density at radius 1 is 1.23 bits per heavy atom.